The van der Waals surface area contributed by atoms with E-state index in [0.717, 1.165) is 6.20 Å². The quantitative estimate of drug-likeness (QED) is 0.529. The van der Waals surface area contributed by atoms with Crippen LogP contribution in [0.15, 0.2) is 11.2 Å². The summed E-state index contributed by atoms with van der Waals surface area (Å²) < 4.78 is 22.7. The van der Waals surface area contributed by atoms with Gasteiger partial charge in [-0.05, 0) is 6.92 Å². The van der Waals surface area contributed by atoms with Crippen LogP contribution in [0.1, 0.15) is 5.82 Å². The summed E-state index contributed by atoms with van der Waals surface area (Å²) in [6, 6.07) is 0. The third-order valence-corrected chi connectivity index (χ3v) is 2.48. The number of nitrogens with zero attached hydrogens (tertiary/aromatic N) is 1. The highest BCUT2D eigenvalue weighted by molar-refractivity contribution is 7.89. The van der Waals surface area contributed by atoms with Crippen LogP contribution in [-0.2, 0) is 19.7 Å². The largest absolute Gasteiger partial charge is 0.368 e. The number of aryl methyl sites for hydroxylation is 1. The first-order chi connectivity index (χ1) is 6.92. The van der Waals surface area contributed by atoms with E-state index in [2.05, 4.69) is 14.8 Å². The zero-order chi connectivity index (χ0) is 11.5. The minimum absolute atomic E-state index is 0.149. The molecule has 84 valence electrons. The summed E-state index contributed by atoms with van der Waals surface area (Å²) in [5.74, 6) is -0.330. The molecule has 0 saturated heterocycles. The second kappa shape index (κ2) is 4.38. The molecule has 0 aliphatic carbocycles. The Kier molecular flexibility index (Phi) is 3.39. The summed E-state index contributed by atoms with van der Waals surface area (Å²) in [6.45, 7) is 1.07. The average Bonchev–Trinajstić information content (AvgIpc) is 2.51. The predicted molar refractivity (Wildman–Crippen MR) is 48.8 cm³/mol. The highest BCUT2D eigenvalue weighted by atomic mass is 32.2. The summed E-state index contributed by atoms with van der Waals surface area (Å²) in [7, 11) is -3.83. The molecular weight excluding hydrogens is 224 g/mol. The Hall–Kier alpha value is -1.45. The molecule has 0 atom stereocenters. The number of rotatable bonds is 5. The Labute approximate surface area is 85.8 Å². The number of hydrogen-bond acceptors (Lipinski definition) is 5. The van der Waals surface area contributed by atoms with Crippen molar-refractivity contribution in [3.63, 3.8) is 0 Å². The van der Waals surface area contributed by atoms with Gasteiger partial charge in [-0.3, -0.25) is 9.63 Å². The molecule has 15 heavy (non-hydrogen) atoms. The molecule has 8 nitrogen and oxygen atoms in total. The van der Waals surface area contributed by atoms with Gasteiger partial charge in [-0.1, -0.05) is 4.89 Å². The predicted octanol–water partition coefficient (Wildman–Crippen LogP) is -1.59. The zero-order valence-corrected chi connectivity index (χ0v) is 8.67. The van der Waals surface area contributed by atoms with Crippen LogP contribution in [0.2, 0.25) is 0 Å². The maximum Gasteiger partial charge on any atom is 0.279 e. The smallest absolute Gasteiger partial charge is 0.279 e. The number of H-pyrrole nitrogens is 1. The summed E-state index contributed by atoms with van der Waals surface area (Å²) in [5.41, 5.74) is 4.75. The van der Waals surface area contributed by atoms with Crippen molar-refractivity contribution in [1.82, 2.24) is 14.9 Å². The van der Waals surface area contributed by atoms with Crippen LogP contribution in [0.4, 0.5) is 0 Å². The van der Waals surface area contributed by atoms with Crippen LogP contribution in [0.3, 0.4) is 0 Å². The fourth-order valence-corrected chi connectivity index (χ4v) is 1.54. The van der Waals surface area contributed by atoms with Gasteiger partial charge in [-0.15, -0.1) is 0 Å². The minimum Gasteiger partial charge on any atom is -0.368 e. The SMILES string of the molecule is Cc1ncc(S(=O)(=O)NOCC(N)=O)[nH]1. The van der Waals surface area contributed by atoms with Gasteiger partial charge in [0.15, 0.2) is 5.03 Å². The number of nitrogens with one attached hydrogen (secondary N) is 2. The van der Waals surface area contributed by atoms with Crippen molar-refractivity contribution in [1.29, 1.82) is 0 Å². The Morgan fingerprint density at radius 1 is 1.73 bits per heavy atom. The number of amides is 1. The van der Waals surface area contributed by atoms with Crippen molar-refractivity contribution < 1.29 is 18.0 Å². The Bertz CT molecular complexity index is 451. The third-order valence-electron chi connectivity index (χ3n) is 1.35. The summed E-state index contributed by atoms with van der Waals surface area (Å²) in [5, 5.41) is -0.149. The zero-order valence-electron chi connectivity index (χ0n) is 7.85. The van der Waals surface area contributed by atoms with E-state index in [0.29, 0.717) is 5.82 Å². The molecular formula is C6H10N4O4S. The van der Waals surface area contributed by atoms with Gasteiger partial charge in [-0.25, -0.2) is 13.4 Å². The molecule has 0 fully saturated rings. The van der Waals surface area contributed by atoms with Crippen molar-refractivity contribution in [2.45, 2.75) is 11.9 Å². The second-order valence-electron chi connectivity index (χ2n) is 2.67. The van der Waals surface area contributed by atoms with Crippen molar-refractivity contribution in [2.24, 2.45) is 5.73 Å². The van der Waals surface area contributed by atoms with E-state index >= 15 is 0 Å². The number of hydrogen-bond donors (Lipinski definition) is 3. The number of sulfonamides is 1. The number of imidazole rings is 1. The lowest BCUT2D eigenvalue weighted by atomic mass is 10.7. The van der Waals surface area contributed by atoms with E-state index in [1.54, 1.807) is 11.8 Å². The van der Waals surface area contributed by atoms with Crippen molar-refractivity contribution in [3.8, 4) is 0 Å². The molecule has 0 saturated carbocycles. The van der Waals surface area contributed by atoms with E-state index in [1.807, 2.05) is 0 Å². The third kappa shape index (κ3) is 3.31. The molecule has 0 spiro atoms. The normalized spacial score (nSPS) is 11.5. The monoisotopic (exact) mass is 234 g/mol. The lowest BCUT2D eigenvalue weighted by Gasteiger charge is -2.02. The molecule has 1 aromatic heterocycles. The summed E-state index contributed by atoms with van der Waals surface area (Å²) in [6.07, 6.45) is 1.13. The molecule has 1 amide bonds. The lowest BCUT2D eigenvalue weighted by Crippen LogP contribution is -2.29. The number of carbonyl (C=O) groups excluding carboxylic acids is 1. The molecule has 0 bridgehead atoms. The van der Waals surface area contributed by atoms with E-state index in [-0.39, 0.29) is 5.03 Å². The number of primary amides is 1. The van der Waals surface area contributed by atoms with E-state index in [1.165, 1.54) is 0 Å². The Balaban J connectivity index is 2.64. The van der Waals surface area contributed by atoms with E-state index in [4.69, 9.17) is 5.73 Å². The molecule has 0 aliphatic rings. The molecule has 9 heteroatoms. The molecule has 0 aliphatic heterocycles. The van der Waals surface area contributed by atoms with Crippen LogP contribution in [0.25, 0.3) is 0 Å². The Morgan fingerprint density at radius 3 is 2.87 bits per heavy atom. The van der Waals surface area contributed by atoms with Gasteiger partial charge < -0.3 is 10.7 Å². The van der Waals surface area contributed by atoms with Crippen LogP contribution < -0.4 is 10.6 Å². The summed E-state index contributed by atoms with van der Waals surface area (Å²) in [4.78, 5) is 22.6. The lowest BCUT2D eigenvalue weighted by molar-refractivity contribution is -0.123. The van der Waals surface area contributed by atoms with E-state index in [9.17, 15) is 13.2 Å². The molecule has 4 N–H and O–H groups in total. The highest BCUT2D eigenvalue weighted by Crippen LogP contribution is 2.03. The topological polar surface area (TPSA) is 127 Å². The molecule has 1 rings (SSSR count). The van der Waals surface area contributed by atoms with Gasteiger partial charge >= 0.3 is 0 Å². The van der Waals surface area contributed by atoms with Crippen molar-refractivity contribution in [2.75, 3.05) is 6.61 Å². The standard InChI is InChI=1S/C6H10N4O4S/c1-4-8-2-6(9-4)15(12,13)10-14-3-5(7)11/h2,10H,3H2,1H3,(H2,7,11)(H,8,9). The van der Waals surface area contributed by atoms with Crippen LogP contribution in [0, 0.1) is 6.92 Å². The van der Waals surface area contributed by atoms with Gasteiger partial charge in [0.05, 0.1) is 6.20 Å². The van der Waals surface area contributed by atoms with Gasteiger partial charge in [-0.2, -0.15) is 0 Å². The molecule has 0 unspecified atom stereocenters. The van der Waals surface area contributed by atoms with Gasteiger partial charge in [0.2, 0.25) is 5.91 Å². The number of nitrogens with two attached hydrogens (primary N) is 1. The average molecular weight is 234 g/mol. The maximum atomic E-state index is 11.4. The first-order valence-corrected chi connectivity index (χ1v) is 5.33. The second-order valence-corrected chi connectivity index (χ2v) is 4.29. The van der Waals surface area contributed by atoms with Crippen LogP contribution >= 0.6 is 0 Å². The molecule has 0 aromatic carbocycles. The minimum atomic E-state index is -3.83. The fourth-order valence-electron chi connectivity index (χ4n) is 0.758. The molecule has 1 heterocycles. The van der Waals surface area contributed by atoms with Gasteiger partial charge in [0, 0.05) is 0 Å². The highest BCUT2D eigenvalue weighted by Gasteiger charge is 2.16. The first kappa shape index (κ1) is 11.6. The number of aromatic amines is 1. The molecule has 1 aromatic rings. The molecule has 0 radical (unpaired) electrons. The maximum absolute atomic E-state index is 11.4. The van der Waals surface area contributed by atoms with Crippen LogP contribution in [-0.4, -0.2) is 30.9 Å². The fraction of sp³-hybridized carbons (Fsp3) is 0.333. The first-order valence-electron chi connectivity index (χ1n) is 3.85. The van der Waals surface area contributed by atoms with E-state index < -0.39 is 22.5 Å². The Morgan fingerprint density at radius 2 is 2.40 bits per heavy atom. The summed E-state index contributed by atoms with van der Waals surface area (Å²) >= 11 is 0. The number of carbonyl (C=O) groups is 1. The van der Waals surface area contributed by atoms with Crippen LogP contribution in [0.5, 0.6) is 0 Å². The van der Waals surface area contributed by atoms with Gasteiger partial charge in [0.25, 0.3) is 10.0 Å². The van der Waals surface area contributed by atoms with Crippen molar-refractivity contribution in [3.05, 3.63) is 12.0 Å². The van der Waals surface area contributed by atoms with Crippen molar-refractivity contribution >= 4 is 15.9 Å². The number of aromatic nitrogens is 2. The van der Waals surface area contributed by atoms with Gasteiger partial charge in [0.1, 0.15) is 12.4 Å².